The molecule has 0 aliphatic carbocycles. The zero-order chi connectivity index (χ0) is 5.98. The second kappa shape index (κ2) is 2.74. The first-order valence-electron chi connectivity index (χ1n) is 3.08. The third-order valence-electron chi connectivity index (χ3n) is 1.46. The van der Waals surface area contributed by atoms with Gasteiger partial charge >= 0.3 is 0 Å². The lowest BCUT2D eigenvalue weighted by Crippen LogP contribution is -2.19. The fourth-order valence-electron chi connectivity index (χ4n) is 0.974. The first kappa shape index (κ1) is 6.43. The van der Waals surface area contributed by atoms with E-state index < -0.39 is 0 Å². The molecule has 0 spiro atoms. The average Bonchev–Trinajstić information content (AvgIpc) is 1.64. The van der Waals surface area contributed by atoms with Crippen LogP contribution < -0.4 is 0 Å². The van der Waals surface area contributed by atoms with E-state index in [0.29, 0.717) is 5.25 Å². The molecule has 1 aliphatic heterocycles. The molecule has 0 radical (unpaired) electrons. The maximum atomic E-state index is 9.07. The van der Waals surface area contributed by atoms with Crippen LogP contribution >= 0.6 is 11.8 Å². The average molecular weight is 132 g/mol. The molecule has 0 unspecified atom stereocenters. The van der Waals surface area contributed by atoms with E-state index in [1.54, 1.807) is 0 Å². The Labute approximate surface area is 54.5 Å². The van der Waals surface area contributed by atoms with Crippen molar-refractivity contribution >= 4 is 11.8 Å². The molecule has 1 saturated heterocycles. The van der Waals surface area contributed by atoms with E-state index in [-0.39, 0.29) is 6.10 Å². The topological polar surface area (TPSA) is 20.2 Å². The third-order valence-corrected chi connectivity index (χ3v) is 2.69. The molecule has 48 valence electrons. The van der Waals surface area contributed by atoms with E-state index >= 15 is 0 Å². The molecular weight excluding hydrogens is 120 g/mol. The van der Waals surface area contributed by atoms with Gasteiger partial charge in [-0.1, -0.05) is 6.92 Å². The molecule has 2 atom stereocenters. The molecule has 1 heterocycles. The van der Waals surface area contributed by atoms with Crippen molar-refractivity contribution in [2.45, 2.75) is 31.1 Å². The Balaban J connectivity index is 2.23. The summed E-state index contributed by atoms with van der Waals surface area (Å²) >= 11 is 1.96. The van der Waals surface area contributed by atoms with Crippen molar-refractivity contribution in [1.82, 2.24) is 0 Å². The molecule has 0 aromatic rings. The summed E-state index contributed by atoms with van der Waals surface area (Å²) in [6.07, 6.45) is 1.98. The lowest BCUT2D eigenvalue weighted by atomic mass is 10.1. The third kappa shape index (κ3) is 1.67. The van der Waals surface area contributed by atoms with Gasteiger partial charge in [-0.05, 0) is 18.6 Å². The van der Waals surface area contributed by atoms with Crippen LogP contribution in [-0.4, -0.2) is 22.2 Å². The quantitative estimate of drug-likeness (QED) is 0.535. The number of aliphatic hydroxyl groups is 1. The first-order chi connectivity index (χ1) is 3.79. The van der Waals surface area contributed by atoms with Gasteiger partial charge in [-0.3, -0.25) is 0 Å². The van der Waals surface area contributed by atoms with Crippen LogP contribution in [0, 0.1) is 0 Å². The van der Waals surface area contributed by atoms with Crippen LogP contribution in [0.3, 0.4) is 0 Å². The van der Waals surface area contributed by atoms with E-state index in [4.69, 9.17) is 5.11 Å². The normalized spacial score (nSPS) is 39.8. The Bertz CT molecular complexity index is 66.9. The minimum atomic E-state index is -0.00810. The Kier molecular flexibility index (Phi) is 2.20. The SMILES string of the molecule is C[C@@H]1C[C@@H](O)CCS1. The van der Waals surface area contributed by atoms with E-state index in [9.17, 15) is 0 Å². The highest BCUT2D eigenvalue weighted by atomic mass is 32.2. The lowest BCUT2D eigenvalue weighted by Gasteiger charge is -2.21. The zero-order valence-electron chi connectivity index (χ0n) is 5.13. The van der Waals surface area contributed by atoms with Crippen molar-refractivity contribution < 1.29 is 5.11 Å². The minimum Gasteiger partial charge on any atom is -0.393 e. The first-order valence-corrected chi connectivity index (χ1v) is 4.13. The van der Waals surface area contributed by atoms with Crippen molar-refractivity contribution in [1.29, 1.82) is 0 Å². The predicted octanol–water partition coefficient (Wildman–Crippen LogP) is 1.26. The molecule has 8 heavy (non-hydrogen) atoms. The van der Waals surface area contributed by atoms with Gasteiger partial charge in [0.15, 0.2) is 0 Å². The van der Waals surface area contributed by atoms with Crippen molar-refractivity contribution in [2.75, 3.05) is 5.75 Å². The van der Waals surface area contributed by atoms with E-state index in [0.717, 1.165) is 18.6 Å². The molecule has 2 heteroatoms. The summed E-state index contributed by atoms with van der Waals surface area (Å²) in [5, 5.41) is 9.75. The van der Waals surface area contributed by atoms with Crippen LogP contribution in [0.4, 0.5) is 0 Å². The van der Waals surface area contributed by atoms with Crippen LogP contribution in [0.1, 0.15) is 19.8 Å². The molecule has 0 aromatic carbocycles. The van der Waals surface area contributed by atoms with Crippen molar-refractivity contribution in [3.05, 3.63) is 0 Å². The largest absolute Gasteiger partial charge is 0.393 e. The minimum absolute atomic E-state index is 0.00810. The summed E-state index contributed by atoms with van der Waals surface area (Å²) in [5.41, 5.74) is 0. The molecule has 1 N–H and O–H groups in total. The Morgan fingerprint density at radius 2 is 2.38 bits per heavy atom. The molecule has 1 aliphatic rings. The Morgan fingerprint density at radius 1 is 1.62 bits per heavy atom. The van der Waals surface area contributed by atoms with Crippen LogP contribution in [0.25, 0.3) is 0 Å². The summed E-state index contributed by atoms with van der Waals surface area (Å²) in [7, 11) is 0. The lowest BCUT2D eigenvalue weighted by molar-refractivity contribution is 0.158. The van der Waals surface area contributed by atoms with Crippen molar-refractivity contribution in [2.24, 2.45) is 0 Å². The van der Waals surface area contributed by atoms with Gasteiger partial charge in [0.1, 0.15) is 0 Å². The molecule has 0 saturated carbocycles. The molecule has 0 aromatic heterocycles. The standard InChI is InChI=1S/C6H12OS/c1-5-4-6(7)2-3-8-5/h5-7H,2-4H2,1H3/t5-,6+/m1/s1. The van der Waals surface area contributed by atoms with E-state index in [1.165, 1.54) is 0 Å². The Hall–Kier alpha value is 0.310. The molecule has 1 rings (SSSR count). The number of aliphatic hydroxyl groups excluding tert-OH is 1. The molecule has 0 bridgehead atoms. The summed E-state index contributed by atoms with van der Waals surface area (Å²) in [4.78, 5) is 0. The van der Waals surface area contributed by atoms with Crippen LogP contribution in [-0.2, 0) is 0 Å². The van der Waals surface area contributed by atoms with Gasteiger partial charge in [0.2, 0.25) is 0 Å². The van der Waals surface area contributed by atoms with Crippen molar-refractivity contribution in [3.63, 3.8) is 0 Å². The number of rotatable bonds is 0. The highest BCUT2D eigenvalue weighted by molar-refractivity contribution is 7.99. The summed E-state index contributed by atoms with van der Waals surface area (Å²) in [5.74, 6) is 1.14. The maximum Gasteiger partial charge on any atom is 0.0558 e. The van der Waals surface area contributed by atoms with Gasteiger partial charge < -0.3 is 5.11 Å². The van der Waals surface area contributed by atoms with Gasteiger partial charge in [0, 0.05) is 5.25 Å². The highest BCUT2D eigenvalue weighted by Crippen LogP contribution is 2.24. The van der Waals surface area contributed by atoms with Crippen LogP contribution in [0.5, 0.6) is 0 Å². The smallest absolute Gasteiger partial charge is 0.0558 e. The predicted molar refractivity (Wildman–Crippen MR) is 37.2 cm³/mol. The molecular formula is C6H12OS. The highest BCUT2D eigenvalue weighted by Gasteiger charge is 2.15. The monoisotopic (exact) mass is 132 g/mol. The molecule has 1 fully saturated rings. The van der Waals surface area contributed by atoms with Gasteiger partial charge in [0.05, 0.1) is 6.10 Å². The van der Waals surface area contributed by atoms with Gasteiger partial charge in [-0.25, -0.2) is 0 Å². The van der Waals surface area contributed by atoms with Crippen molar-refractivity contribution in [3.8, 4) is 0 Å². The maximum absolute atomic E-state index is 9.07. The Morgan fingerprint density at radius 3 is 2.75 bits per heavy atom. The number of hydrogen-bond donors (Lipinski definition) is 1. The second-order valence-electron chi connectivity index (χ2n) is 2.36. The van der Waals surface area contributed by atoms with E-state index in [1.807, 2.05) is 11.8 Å². The van der Waals surface area contributed by atoms with Gasteiger partial charge in [0.25, 0.3) is 0 Å². The molecule has 1 nitrogen and oxygen atoms in total. The number of hydrogen-bond acceptors (Lipinski definition) is 2. The molecule has 0 amide bonds. The summed E-state index contributed by atoms with van der Waals surface area (Å²) in [6, 6.07) is 0. The number of thioether (sulfide) groups is 1. The fourth-order valence-corrected chi connectivity index (χ4v) is 2.14. The van der Waals surface area contributed by atoms with Crippen LogP contribution in [0.15, 0.2) is 0 Å². The van der Waals surface area contributed by atoms with Gasteiger partial charge in [-0.15, -0.1) is 0 Å². The summed E-state index contributed by atoms with van der Waals surface area (Å²) in [6.45, 7) is 2.17. The second-order valence-corrected chi connectivity index (χ2v) is 3.91. The summed E-state index contributed by atoms with van der Waals surface area (Å²) < 4.78 is 0. The van der Waals surface area contributed by atoms with E-state index in [2.05, 4.69) is 6.92 Å². The van der Waals surface area contributed by atoms with Gasteiger partial charge in [-0.2, -0.15) is 11.8 Å². The van der Waals surface area contributed by atoms with Crippen LogP contribution in [0.2, 0.25) is 0 Å². The zero-order valence-corrected chi connectivity index (χ0v) is 5.95. The fraction of sp³-hybridized carbons (Fsp3) is 1.00.